The fraction of sp³-hybridized carbons (Fsp3) is 0. The van der Waals surface area contributed by atoms with Crippen molar-refractivity contribution in [3.63, 3.8) is 0 Å². The van der Waals surface area contributed by atoms with E-state index in [0.29, 0.717) is 5.69 Å². The number of hydrogen-bond donors (Lipinski definition) is 0. The van der Waals surface area contributed by atoms with Gasteiger partial charge < -0.3 is 0 Å². The maximum Gasteiger partial charge on any atom is 0.177 e. The van der Waals surface area contributed by atoms with Gasteiger partial charge in [0.25, 0.3) is 0 Å². The molecule has 0 amide bonds. The van der Waals surface area contributed by atoms with Crippen molar-refractivity contribution in [3.8, 4) is 23.9 Å². The lowest BCUT2D eigenvalue weighted by Gasteiger charge is -2.03. The molecule has 0 fully saturated rings. The van der Waals surface area contributed by atoms with Gasteiger partial charge in [0.1, 0.15) is 24.5 Å². The van der Waals surface area contributed by atoms with Gasteiger partial charge in [-0.05, 0) is 12.1 Å². The van der Waals surface area contributed by atoms with Gasteiger partial charge in [0, 0.05) is 6.20 Å². The SMILES string of the molecule is N#Cc1ncccc1-n1cnc(C#N)c1C#N. The molecule has 0 aliphatic carbocycles. The molecule has 2 rings (SSSR count). The molecule has 0 aliphatic rings. The quantitative estimate of drug-likeness (QED) is 0.709. The Morgan fingerprint density at radius 3 is 2.41 bits per heavy atom. The van der Waals surface area contributed by atoms with Crippen molar-refractivity contribution in [3.05, 3.63) is 41.7 Å². The average molecular weight is 220 g/mol. The van der Waals surface area contributed by atoms with Crippen LogP contribution in [0.2, 0.25) is 0 Å². The second kappa shape index (κ2) is 4.14. The fourth-order valence-electron chi connectivity index (χ4n) is 1.40. The summed E-state index contributed by atoms with van der Waals surface area (Å²) in [5.41, 5.74) is 0.726. The van der Waals surface area contributed by atoms with Crippen molar-refractivity contribution in [1.29, 1.82) is 15.8 Å². The number of nitriles is 3. The summed E-state index contributed by atoms with van der Waals surface area (Å²) in [5, 5.41) is 26.7. The number of imidazole rings is 1. The van der Waals surface area contributed by atoms with Crippen LogP contribution in [0.25, 0.3) is 5.69 Å². The van der Waals surface area contributed by atoms with Crippen molar-refractivity contribution < 1.29 is 0 Å². The van der Waals surface area contributed by atoms with E-state index in [-0.39, 0.29) is 17.1 Å². The summed E-state index contributed by atoms with van der Waals surface area (Å²) in [4.78, 5) is 7.68. The maximum absolute atomic E-state index is 8.98. The predicted molar refractivity (Wildman–Crippen MR) is 55.5 cm³/mol. The molecule has 0 spiro atoms. The van der Waals surface area contributed by atoms with Crippen LogP contribution >= 0.6 is 0 Å². The Bertz CT molecular complexity index is 692. The van der Waals surface area contributed by atoms with Gasteiger partial charge in [-0.25, -0.2) is 9.97 Å². The predicted octanol–water partition coefficient (Wildman–Crippen LogP) is 0.882. The van der Waals surface area contributed by atoms with Crippen LogP contribution < -0.4 is 0 Å². The van der Waals surface area contributed by atoms with Crippen LogP contribution in [-0.2, 0) is 0 Å². The molecule has 0 aromatic carbocycles. The number of pyridine rings is 1. The molecule has 0 saturated carbocycles. The van der Waals surface area contributed by atoms with Gasteiger partial charge in [-0.3, -0.25) is 4.57 Å². The first-order chi connectivity index (χ1) is 8.31. The zero-order chi connectivity index (χ0) is 12.3. The molecule has 0 aliphatic heterocycles. The number of rotatable bonds is 1. The van der Waals surface area contributed by atoms with Crippen LogP contribution in [0, 0.1) is 34.0 Å². The lowest BCUT2D eigenvalue weighted by molar-refractivity contribution is 1.01. The monoisotopic (exact) mass is 220 g/mol. The fourth-order valence-corrected chi connectivity index (χ4v) is 1.40. The highest BCUT2D eigenvalue weighted by Crippen LogP contribution is 2.15. The Balaban J connectivity index is 2.72. The minimum absolute atomic E-state index is 0.0280. The van der Waals surface area contributed by atoms with E-state index in [2.05, 4.69) is 9.97 Å². The molecule has 17 heavy (non-hydrogen) atoms. The van der Waals surface area contributed by atoms with E-state index in [9.17, 15) is 0 Å². The number of aromatic nitrogens is 3. The van der Waals surface area contributed by atoms with Crippen LogP contribution in [0.5, 0.6) is 0 Å². The standard InChI is InChI=1S/C11H4N6/c12-4-8-10(2-1-3-15-8)17-7-16-9(5-13)11(17)6-14/h1-3,7H. The van der Waals surface area contributed by atoms with Crippen molar-refractivity contribution in [2.24, 2.45) is 0 Å². The lowest BCUT2D eigenvalue weighted by atomic mass is 10.3. The van der Waals surface area contributed by atoms with Crippen LogP contribution in [0.15, 0.2) is 24.7 Å². The highest BCUT2D eigenvalue weighted by molar-refractivity contribution is 5.49. The molecule has 0 atom stereocenters. The van der Waals surface area contributed by atoms with Crippen molar-refractivity contribution in [2.45, 2.75) is 0 Å². The van der Waals surface area contributed by atoms with Gasteiger partial charge in [0.15, 0.2) is 17.1 Å². The van der Waals surface area contributed by atoms with Crippen molar-refractivity contribution >= 4 is 0 Å². The van der Waals surface area contributed by atoms with Crippen LogP contribution in [-0.4, -0.2) is 14.5 Å². The molecule has 0 radical (unpaired) electrons. The minimum atomic E-state index is 0.0280. The Kier molecular flexibility index (Phi) is 2.52. The van der Waals surface area contributed by atoms with E-state index in [1.54, 1.807) is 12.1 Å². The third kappa shape index (κ3) is 1.58. The first-order valence-electron chi connectivity index (χ1n) is 4.55. The molecule has 6 nitrogen and oxygen atoms in total. The van der Waals surface area contributed by atoms with Crippen LogP contribution in [0.4, 0.5) is 0 Å². The lowest BCUT2D eigenvalue weighted by Crippen LogP contribution is -2.00. The Morgan fingerprint density at radius 1 is 1.00 bits per heavy atom. The summed E-state index contributed by atoms with van der Waals surface area (Å²) >= 11 is 0. The minimum Gasteiger partial charge on any atom is -0.286 e. The van der Waals surface area contributed by atoms with Crippen LogP contribution in [0.3, 0.4) is 0 Å². The highest BCUT2D eigenvalue weighted by atomic mass is 15.1. The van der Waals surface area contributed by atoms with Gasteiger partial charge in [-0.1, -0.05) is 0 Å². The molecular formula is C11H4N6. The summed E-state index contributed by atoms with van der Waals surface area (Å²) in [6, 6.07) is 8.90. The molecule has 6 heteroatoms. The second-order valence-electron chi connectivity index (χ2n) is 3.02. The van der Waals surface area contributed by atoms with E-state index >= 15 is 0 Å². The summed E-state index contributed by atoms with van der Waals surface area (Å²) in [6.45, 7) is 0. The zero-order valence-corrected chi connectivity index (χ0v) is 8.49. The van der Waals surface area contributed by atoms with Crippen molar-refractivity contribution in [1.82, 2.24) is 14.5 Å². The average Bonchev–Trinajstić information content (AvgIpc) is 2.81. The Labute approximate surface area is 96.6 Å². The summed E-state index contributed by atoms with van der Waals surface area (Å²) in [5.74, 6) is 0. The highest BCUT2D eigenvalue weighted by Gasteiger charge is 2.14. The van der Waals surface area contributed by atoms with Gasteiger partial charge >= 0.3 is 0 Å². The molecule has 2 aromatic heterocycles. The normalized spacial score (nSPS) is 9.00. The summed E-state index contributed by atoms with van der Waals surface area (Å²) in [7, 11) is 0. The smallest absolute Gasteiger partial charge is 0.177 e. The van der Waals surface area contributed by atoms with Gasteiger partial charge in [0.05, 0.1) is 5.69 Å². The van der Waals surface area contributed by atoms with E-state index in [1.165, 1.54) is 17.1 Å². The third-order valence-electron chi connectivity index (χ3n) is 2.13. The third-order valence-corrected chi connectivity index (χ3v) is 2.13. The largest absolute Gasteiger partial charge is 0.286 e. The molecule has 2 heterocycles. The van der Waals surface area contributed by atoms with Crippen molar-refractivity contribution in [2.75, 3.05) is 0 Å². The molecule has 2 aromatic rings. The second-order valence-corrected chi connectivity index (χ2v) is 3.02. The van der Waals surface area contributed by atoms with E-state index < -0.39 is 0 Å². The van der Waals surface area contributed by atoms with E-state index in [4.69, 9.17) is 15.8 Å². The summed E-state index contributed by atoms with van der Waals surface area (Å²) < 4.78 is 1.38. The Hall–Kier alpha value is -3.17. The van der Waals surface area contributed by atoms with E-state index in [1.807, 2.05) is 18.2 Å². The van der Waals surface area contributed by atoms with E-state index in [0.717, 1.165) is 0 Å². The molecule has 78 valence electrons. The van der Waals surface area contributed by atoms with Gasteiger partial charge in [-0.15, -0.1) is 0 Å². The topological polar surface area (TPSA) is 102 Å². The molecular weight excluding hydrogens is 216 g/mol. The maximum atomic E-state index is 8.98. The zero-order valence-electron chi connectivity index (χ0n) is 8.49. The Morgan fingerprint density at radius 2 is 1.76 bits per heavy atom. The van der Waals surface area contributed by atoms with Crippen LogP contribution in [0.1, 0.15) is 17.1 Å². The molecule has 0 bridgehead atoms. The molecule has 0 N–H and O–H groups in total. The number of nitrogens with zero attached hydrogens (tertiary/aromatic N) is 6. The molecule has 0 unspecified atom stereocenters. The molecule has 0 saturated heterocycles. The van der Waals surface area contributed by atoms with Gasteiger partial charge in [-0.2, -0.15) is 15.8 Å². The van der Waals surface area contributed by atoms with Gasteiger partial charge in [0.2, 0.25) is 0 Å². The summed E-state index contributed by atoms with van der Waals surface area (Å²) in [6.07, 6.45) is 2.81. The number of hydrogen-bond acceptors (Lipinski definition) is 5. The first kappa shape index (κ1) is 10.4. The first-order valence-corrected chi connectivity index (χ1v) is 4.55.